The smallest absolute Gasteiger partial charge is 0.310 e. The highest BCUT2D eigenvalue weighted by atomic mass is 16.5. The van der Waals surface area contributed by atoms with Gasteiger partial charge in [0.2, 0.25) is 5.91 Å². The van der Waals surface area contributed by atoms with Gasteiger partial charge in [-0.1, -0.05) is 12.1 Å². The topological polar surface area (TPSA) is 125 Å². The number of hydrogen-bond donors (Lipinski definition) is 2. The number of nitrogens with zero attached hydrogens (tertiary/aromatic N) is 4. The standard InChI is InChI=1S/C18H26N6O3/c1-5-27-17(26)12(2)8-21-16(25)7-18(3,4)24-11-15(22-23-24)13-6-14(19)10-20-9-13/h6,9-12H,5,7-8,19H2,1-4H3,(H,21,25). The number of esters is 1. The van der Waals surface area contributed by atoms with Crippen LogP contribution < -0.4 is 11.1 Å². The maximum absolute atomic E-state index is 12.3. The van der Waals surface area contributed by atoms with Crippen molar-refractivity contribution in [3.8, 4) is 11.3 Å². The number of hydrogen-bond acceptors (Lipinski definition) is 7. The molecule has 9 heteroatoms. The van der Waals surface area contributed by atoms with Gasteiger partial charge in [0.1, 0.15) is 5.69 Å². The van der Waals surface area contributed by atoms with Crippen LogP contribution in [0.5, 0.6) is 0 Å². The Balaban J connectivity index is 1.98. The Morgan fingerprint density at radius 1 is 1.37 bits per heavy atom. The lowest BCUT2D eigenvalue weighted by Crippen LogP contribution is -2.38. The number of amides is 1. The molecule has 0 radical (unpaired) electrons. The predicted octanol–water partition coefficient (Wildman–Crippen LogP) is 1.36. The fourth-order valence-corrected chi connectivity index (χ4v) is 2.46. The summed E-state index contributed by atoms with van der Waals surface area (Å²) in [5.74, 6) is -0.904. The summed E-state index contributed by atoms with van der Waals surface area (Å²) >= 11 is 0. The number of carbonyl (C=O) groups is 2. The molecule has 2 heterocycles. The van der Waals surface area contributed by atoms with E-state index in [0.717, 1.165) is 5.56 Å². The van der Waals surface area contributed by atoms with Crippen LogP contribution in [-0.4, -0.2) is 45.0 Å². The molecule has 3 N–H and O–H groups in total. The molecule has 2 aromatic heterocycles. The molecule has 0 aliphatic rings. The Labute approximate surface area is 158 Å². The second kappa shape index (κ2) is 8.61. The molecule has 0 aromatic carbocycles. The van der Waals surface area contributed by atoms with Crippen LogP contribution in [0.15, 0.2) is 24.7 Å². The number of nitrogen functional groups attached to an aromatic ring is 1. The Hall–Kier alpha value is -2.97. The maximum atomic E-state index is 12.3. The van der Waals surface area contributed by atoms with Gasteiger partial charge in [0.15, 0.2) is 0 Å². The van der Waals surface area contributed by atoms with Gasteiger partial charge < -0.3 is 15.8 Å². The maximum Gasteiger partial charge on any atom is 0.310 e. The summed E-state index contributed by atoms with van der Waals surface area (Å²) in [7, 11) is 0. The van der Waals surface area contributed by atoms with E-state index in [2.05, 4.69) is 20.6 Å². The third kappa shape index (κ3) is 5.50. The van der Waals surface area contributed by atoms with Gasteiger partial charge in [-0.25, -0.2) is 4.68 Å². The fourth-order valence-electron chi connectivity index (χ4n) is 2.46. The number of rotatable bonds is 8. The molecule has 1 amide bonds. The first-order chi connectivity index (χ1) is 12.7. The van der Waals surface area contributed by atoms with Crippen LogP contribution in [0.25, 0.3) is 11.3 Å². The van der Waals surface area contributed by atoms with Crippen LogP contribution in [0.1, 0.15) is 34.1 Å². The monoisotopic (exact) mass is 374 g/mol. The van der Waals surface area contributed by atoms with E-state index in [0.29, 0.717) is 18.0 Å². The van der Waals surface area contributed by atoms with Crippen molar-refractivity contribution in [2.24, 2.45) is 5.92 Å². The first-order valence-corrected chi connectivity index (χ1v) is 8.80. The third-order valence-electron chi connectivity index (χ3n) is 4.06. The summed E-state index contributed by atoms with van der Waals surface area (Å²) in [5.41, 5.74) is 7.07. The van der Waals surface area contributed by atoms with Crippen molar-refractivity contribution in [1.82, 2.24) is 25.3 Å². The highest BCUT2D eigenvalue weighted by Crippen LogP contribution is 2.23. The largest absolute Gasteiger partial charge is 0.466 e. The van der Waals surface area contributed by atoms with Crippen molar-refractivity contribution in [1.29, 1.82) is 0 Å². The van der Waals surface area contributed by atoms with Crippen LogP contribution in [0.4, 0.5) is 5.69 Å². The Morgan fingerprint density at radius 2 is 2.11 bits per heavy atom. The number of ether oxygens (including phenoxy) is 1. The van der Waals surface area contributed by atoms with Crippen molar-refractivity contribution in [2.45, 2.75) is 39.7 Å². The zero-order chi connectivity index (χ0) is 20.0. The average Bonchev–Trinajstić information content (AvgIpc) is 3.10. The lowest BCUT2D eigenvalue weighted by molar-refractivity contribution is -0.147. The summed E-state index contributed by atoms with van der Waals surface area (Å²) in [6.45, 7) is 7.78. The molecule has 0 saturated carbocycles. The second-order valence-electron chi connectivity index (χ2n) is 7.00. The van der Waals surface area contributed by atoms with Gasteiger partial charge in [0.25, 0.3) is 0 Å². The van der Waals surface area contributed by atoms with Crippen LogP contribution in [-0.2, 0) is 19.9 Å². The minimum Gasteiger partial charge on any atom is -0.466 e. The van der Waals surface area contributed by atoms with E-state index in [-0.39, 0.29) is 24.8 Å². The molecule has 2 rings (SSSR count). The van der Waals surface area contributed by atoms with E-state index >= 15 is 0 Å². The summed E-state index contributed by atoms with van der Waals surface area (Å²) in [5, 5.41) is 11.0. The number of pyridine rings is 1. The van der Waals surface area contributed by atoms with E-state index < -0.39 is 11.5 Å². The van der Waals surface area contributed by atoms with E-state index in [4.69, 9.17) is 10.5 Å². The van der Waals surface area contributed by atoms with E-state index in [1.807, 2.05) is 13.8 Å². The summed E-state index contributed by atoms with van der Waals surface area (Å²) in [6.07, 6.45) is 5.15. The number of nitrogens with one attached hydrogen (secondary N) is 1. The van der Waals surface area contributed by atoms with Crippen molar-refractivity contribution >= 4 is 17.6 Å². The number of anilines is 1. The van der Waals surface area contributed by atoms with Gasteiger partial charge in [-0.2, -0.15) is 0 Å². The number of carbonyl (C=O) groups excluding carboxylic acids is 2. The molecule has 0 saturated heterocycles. The third-order valence-corrected chi connectivity index (χ3v) is 4.06. The highest BCUT2D eigenvalue weighted by molar-refractivity contribution is 5.78. The van der Waals surface area contributed by atoms with Crippen molar-refractivity contribution in [3.05, 3.63) is 24.7 Å². The molecular weight excluding hydrogens is 348 g/mol. The van der Waals surface area contributed by atoms with Crippen LogP contribution in [0, 0.1) is 5.92 Å². The summed E-state index contributed by atoms with van der Waals surface area (Å²) in [6, 6.07) is 1.76. The van der Waals surface area contributed by atoms with Crippen LogP contribution >= 0.6 is 0 Å². The van der Waals surface area contributed by atoms with Gasteiger partial charge in [-0.05, 0) is 26.8 Å². The second-order valence-corrected chi connectivity index (χ2v) is 7.00. The van der Waals surface area contributed by atoms with E-state index in [9.17, 15) is 9.59 Å². The predicted molar refractivity (Wildman–Crippen MR) is 100 cm³/mol. The highest BCUT2D eigenvalue weighted by Gasteiger charge is 2.26. The molecule has 146 valence electrons. The SMILES string of the molecule is CCOC(=O)C(C)CNC(=O)CC(C)(C)n1cc(-c2cncc(N)c2)nn1. The molecule has 0 spiro atoms. The first kappa shape index (κ1) is 20.3. The lowest BCUT2D eigenvalue weighted by Gasteiger charge is -2.24. The fraction of sp³-hybridized carbons (Fsp3) is 0.500. The molecule has 9 nitrogen and oxygen atoms in total. The van der Waals surface area contributed by atoms with Crippen LogP contribution in [0.2, 0.25) is 0 Å². The molecule has 27 heavy (non-hydrogen) atoms. The number of aromatic nitrogens is 4. The van der Waals surface area contributed by atoms with Crippen LogP contribution in [0.3, 0.4) is 0 Å². The molecule has 0 bridgehead atoms. The Kier molecular flexibility index (Phi) is 6.49. The quantitative estimate of drug-likeness (QED) is 0.668. The van der Waals surface area contributed by atoms with Gasteiger partial charge >= 0.3 is 5.97 Å². The van der Waals surface area contributed by atoms with Gasteiger partial charge in [-0.3, -0.25) is 14.6 Å². The zero-order valence-corrected chi connectivity index (χ0v) is 16.1. The average molecular weight is 374 g/mol. The molecule has 0 aliphatic heterocycles. The summed E-state index contributed by atoms with van der Waals surface area (Å²) < 4.78 is 6.57. The van der Waals surface area contributed by atoms with Gasteiger partial charge in [0.05, 0.1) is 36.4 Å². The molecular formula is C18H26N6O3. The van der Waals surface area contributed by atoms with E-state index in [1.54, 1.807) is 43.2 Å². The van der Waals surface area contributed by atoms with Gasteiger partial charge in [-0.15, -0.1) is 5.10 Å². The lowest BCUT2D eigenvalue weighted by atomic mass is 10.00. The van der Waals surface area contributed by atoms with Gasteiger partial charge in [0, 0.05) is 24.5 Å². The molecule has 1 atom stereocenters. The number of nitrogens with two attached hydrogens (primary N) is 1. The molecule has 0 fully saturated rings. The molecule has 2 aromatic rings. The normalized spacial score (nSPS) is 12.4. The Bertz CT molecular complexity index is 802. The Morgan fingerprint density at radius 3 is 2.78 bits per heavy atom. The van der Waals surface area contributed by atoms with Crippen molar-refractivity contribution in [3.63, 3.8) is 0 Å². The van der Waals surface area contributed by atoms with Crippen molar-refractivity contribution in [2.75, 3.05) is 18.9 Å². The molecule has 1 unspecified atom stereocenters. The first-order valence-electron chi connectivity index (χ1n) is 8.80. The minimum absolute atomic E-state index is 0.181. The minimum atomic E-state index is -0.601. The zero-order valence-electron chi connectivity index (χ0n) is 16.1. The van der Waals surface area contributed by atoms with E-state index in [1.165, 1.54) is 0 Å². The molecule has 0 aliphatic carbocycles. The summed E-state index contributed by atoms with van der Waals surface area (Å²) in [4.78, 5) is 27.9. The van der Waals surface area contributed by atoms with Crippen molar-refractivity contribution < 1.29 is 14.3 Å².